The van der Waals surface area contributed by atoms with Gasteiger partial charge in [0.05, 0.1) is 12.6 Å². The molecular formula is C18H30N2O2. The minimum absolute atomic E-state index is 0.0204. The second-order valence-corrected chi connectivity index (χ2v) is 5.45. The van der Waals surface area contributed by atoms with Gasteiger partial charge in [-0.25, -0.2) is 0 Å². The molecule has 0 heterocycles. The van der Waals surface area contributed by atoms with Crippen molar-refractivity contribution in [3.8, 4) is 5.75 Å². The molecule has 0 aliphatic heterocycles. The summed E-state index contributed by atoms with van der Waals surface area (Å²) < 4.78 is 5.66. The zero-order valence-electron chi connectivity index (χ0n) is 14.4. The van der Waals surface area contributed by atoms with Crippen LogP contribution in [0.1, 0.15) is 39.2 Å². The lowest BCUT2D eigenvalue weighted by atomic mass is 10.1. The molecule has 1 N–H and O–H groups in total. The van der Waals surface area contributed by atoms with Crippen LogP contribution in [0.15, 0.2) is 24.3 Å². The predicted octanol–water partition coefficient (Wildman–Crippen LogP) is 3.00. The maximum atomic E-state index is 12.2. The van der Waals surface area contributed by atoms with Crippen LogP contribution in [0.4, 0.5) is 0 Å². The minimum atomic E-state index is -0.0204. The molecule has 0 saturated heterocycles. The fourth-order valence-electron chi connectivity index (χ4n) is 2.50. The first-order chi connectivity index (χ1) is 10.6. The Morgan fingerprint density at radius 1 is 1.18 bits per heavy atom. The van der Waals surface area contributed by atoms with E-state index in [2.05, 4.69) is 37.9 Å². The van der Waals surface area contributed by atoms with Crippen molar-refractivity contribution in [2.24, 2.45) is 0 Å². The fourth-order valence-corrected chi connectivity index (χ4v) is 2.50. The van der Waals surface area contributed by atoms with Crippen molar-refractivity contribution < 1.29 is 9.53 Å². The Kier molecular flexibility index (Phi) is 8.60. The van der Waals surface area contributed by atoms with Crippen molar-refractivity contribution in [2.75, 3.05) is 26.2 Å². The lowest BCUT2D eigenvalue weighted by Crippen LogP contribution is -2.46. The Morgan fingerprint density at radius 2 is 1.82 bits per heavy atom. The number of hydrogen-bond donors (Lipinski definition) is 1. The van der Waals surface area contributed by atoms with Crippen LogP contribution >= 0.6 is 0 Å². The van der Waals surface area contributed by atoms with E-state index < -0.39 is 0 Å². The number of carbonyl (C=O) groups excluding carboxylic acids is 1. The molecule has 0 unspecified atom stereocenters. The molecule has 0 radical (unpaired) electrons. The Hall–Kier alpha value is -1.55. The normalized spacial score (nSPS) is 12.2. The maximum Gasteiger partial charge on any atom is 0.237 e. The van der Waals surface area contributed by atoms with Crippen LogP contribution in [-0.4, -0.2) is 43.1 Å². The first-order valence-electron chi connectivity index (χ1n) is 8.33. The van der Waals surface area contributed by atoms with E-state index in [1.807, 2.05) is 24.3 Å². The highest BCUT2D eigenvalue weighted by molar-refractivity contribution is 5.81. The van der Waals surface area contributed by atoms with Gasteiger partial charge in [0.15, 0.2) is 0 Å². The van der Waals surface area contributed by atoms with Gasteiger partial charge in [-0.2, -0.15) is 0 Å². The summed E-state index contributed by atoms with van der Waals surface area (Å²) in [6.07, 6.45) is 1.65. The Morgan fingerprint density at radius 3 is 2.36 bits per heavy atom. The third-order valence-corrected chi connectivity index (χ3v) is 3.85. The fraction of sp³-hybridized carbons (Fsp3) is 0.611. The van der Waals surface area contributed by atoms with Crippen LogP contribution in [0.2, 0.25) is 0 Å². The van der Waals surface area contributed by atoms with Gasteiger partial charge in [-0.1, -0.05) is 38.5 Å². The van der Waals surface area contributed by atoms with E-state index in [9.17, 15) is 4.79 Å². The number of rotatable bonds is 10. The molecule has 1 aromatic carbocycles. The predicted molar refractivity (Wildman–Crippen MR) is 91.3 cm³/mol. The molecule has 124 valence electrons. The lowest BCUT2D eigenvalue weighted by molar-refractivity contribution is -0.126. The summed E-state index contributed by atoms with van der Waals surface area (Å²) in [6.45, 7) is 11.4. The Balaban J connectivity index is 2.25. The summed E-state index contributed by atoms with van der Waals surface area (Å²) >= 11 is 0. The van der Waals surface area contributed by atoms with Crippen molar-refractivity contribution in [3.63, 3.8) is 0 Å². The smallest absolute Gasteiger partial charge is 0.237 e. The van der Waals surface area contributed by atoms with E-state index in [0.29, 0.717) is 13.2 Å². The van der Waals surface area contributed by atoms with Gasteiger partial charge in [0.25, 0.3) is 0 Å². The number of likely N-dealkylation sites (N-methyl/N-ethyl adjacent to an activating group) is 1. The van der Waals surface area contributed by atoms with E-state index >= 15 is 0 Å². The number of carbonyl (C=O) groups is 1. The highest BCUT2D eigenvalue weighted by atomic mass is 16.5. The summed E-state index contributed by atoms with van der Waals surface area (Å²) in [5, 5.41) is 3.02. The largest absolute Gasteiger partial charge is 0.494 e. The van der Waals surface area contributed by atoms with Crippen LogP contribution in [-0.2, 0) is 4.79 Å². The van der Waals surface area contributed by atoms with E-state index in [1.165, 1.54) is 5.56 Å². The van der Waals surface area contributed by atoms with Gasteiger partial charge in [-0.15, -0.1) is 0 Å². The minimum Gasteiger partial charge on any atom is -0.494 e. The van der Waals surface area contributed by atoms with Crippen molar-refractivity contribution in [1.82, 2.24) is 10.2 Å². The summed E-state index contributed by atoms with van der Waals surface area (Å²) in [5.41, 5.74) is 1.22. The van der Waals surface area contributed by atoms with Gasteiger partial charge in [-0.05, 0) is 45.0 Å². The molecule has 1 atom stereocenters. The summed E-state index contributed by atoms with van der Waals surface area (Å²) in [4.78, 5) is 14.4. The molecule has 22 heavy (non-hydrogen) atoms. The first-order valence-corrected chi connectivity index (χ1v) is 8.33. The van der Waals surface area contributed by atoms with E-state index in [0.717, 1.165) is 31.7 Å². The van der Waals surface area contributed by atoms with Crippen LogP contribution in [0.3, 0.4) is 0 Å². The van der Waals surface area contributed by atoms with Crippen LogP contribution in [0.25, 0.3) is 0 Å². The van der Waals surface area contributed by atoms with Crippen molar-refractivity contribution >= 4 is 5.91 Å². The number of ether oxygens (including phenoxy) is 1. The van der Waals surface area contributed by atoms with Gasteiger partial charge in [0.2, 0.25) is 5.91 Å². The average molecular weight is 306 g/mol. The molecule has 0 fully saturated rings. The standard InChI is InChI=1S/C18H30N2O2/c1-5-17(20(6-2)7-3)18(21)19-13-8-14-22-16-11-9-15(4)10-12-16/h9-12,17H,5-8,13-14H2,1-4H3,(H,19,21)/t17-/m1/s1. The molecule has 0 aromatic heterocycles. The Bertz CT molecular complexity index is 427. The number of hydrogen-bond acceptors (Lipinski definition) is 3. The molecular weight excluding hydrogens is 276 g/mol. The monoisotopic (exact) mass is 306 g/mol. The van der Waals surface area contributed by atoms with Crippen molar-refractivity contribution in [1.29, 1.82) is 0 Å². The van der Waals surface area contributed by atoms with E-state index in [4.69, 9.17) is 4.74 Å². The maximum absolute atomic E-state index is 12.2. The SMILES string of the molecule is CC[C@H](C(=O)NCCCOc1ccc(C)cc1)N(CC)CC. The molecule has 1 aromatic rings. The Labute approximate surface area is 134 Å². The molecule has 1 amide bonds. The third kappa shape index (κ3) is 6.06. The average Bonchev–Trinajstić information content (AvgIpc) is 2.53. The van der Waals surface area contributed by atoms with E-state index in [1.54, 1.807) is 0 Å². The number of nitrogens with one attached hydrogen (secondary N) is 1. The molecule has 0 saturated carbocycles. The highest BCUT2D eigenvalue weighted by Crippen LogP contribution is 2.11. The van der Waals surface area contributed by atoms with Gasteiger partial charge < -0.3 is 10.1 Å². The molecule has 0 aliphatic carbocycles. The molecule has 4 nitrogen and oxygen atoms in total. The van der Waals surface area contributed by atoms with Crippen LogP contribution in [0, 0.1) is 6.92 Å². The first kappa shape index (κ1) is 18.5. The molecule has 4 heteroatoms. The van der Waals surface area contributed by atoms with E-state index in [-0.39, 0.29) is 11.9 Å². The molecule has 0 spiro atoms. The zero-order chi connectivity index (χ0) is 16.4. The number of benzene rings is 1. The van der Waals surface area contributed by atoms with Gasteiger partial charge >= 0.3 is 0 Å². The topological polar surface area (TPSA) is 41.6 Å². The third-order valence-electron chi connectivity index (χ3n) is 3.85. The quantitative estimate of drug-likeness (QED) is 0.676. The van der Waals surface area contributed by atoms with Crippen LogP contribution in [0.5, 0.6) is 5.75 Å². The molecule has 1 rings (SSSR count). The van der Waals surface area contributed by atoms with Crippen LogP contribution < -0.4 is 10.1 Å². The van der Waals surface area contributed by atoms with Gasteiger partial charge in [0, 0.05) is 6.54 Å². The second-order valence-electron chi connectivity index (χ2n) is 5.45. The molecule has 0 aliphatic rings. The highest BCUT2D eigenvalue weighted by Gasteiger charge is 2.21. The molecule has 0 bridgehead atoms. The summed E-state index contributed by atoms with van der Waals surface area (Å²) in [7, 11) is 0. The number of aryl methyl sites for hydroxylation is 1. The number of amides is 1. The van der Waals surface area contributed by atoms with Crippen molar-refractivity contribution in [2.45, 2.75) is 46.6 Å². The van der Waals surface area contributed by atoms with Gasteiger partial charge in [0.1, 0.15) is 5.75 Å². The summed E-state index contributed by atoms with van der Waals surface area (Å²) in [6, 6.07) is 8.00. The second kappa shape index (κ2) is 10.2. The summed E-state index contributed by atoms with van der Waals surface area (Å²) in [5.74, 6) is 1.01. The van der Waals surface area contributed by atoms with Gasteiger partial charge in [-0.3, -0.25) is 9.69 Å². The number of nitrogens with zero attached hydrogens (tertiary/aromatic N) is 1. The zero-order valence-corrected chi connectivity index (χ0v) is 14.4. The lowest BCUT2D eigenvalue weighted by Gasteiger charge is -2.27. The van der Waals surface area contributed by atoms with Crippen molar-refractivity contribution in [3.05, 3.63) is 29.8 Å².